The number of hydrogen-bond donors (Lipinski definition) is 3. The molecule has 2 aromatic rings. The summed E-state index contributed by atoms with van der Waals surface area (Å²) < 4.78 is 15.3. The second kappa shape index (κ2) is 7.71. The SMILES string of the molecule is COc1ccc(NC(=O)C(=O)NCC(C)(O)c2ccco2)c(OC)c1. The van der Waals surface area contributed by atoms with Crippen LogP contribution >= 0.6 is 0 Å². The summed E-state index contributed by atoms with van der Waals surface area (Å²) in [7, 11) is 2.94. The van der Waals surface area contributed by atoms with Gasteiger partial charge in [0.15, 0.2) is 0 Å². The molecule has 25 heavy (non-hydrogen) atoms. The Labute approximate surface area is 144 Å². The molecular formula is C17H20N2O6. The number of carbonyl (C=O) groups is 2. The number of aliphatic hydroxyl groups is 1. The average molecular weight is 348 g/mol. The van der Waals surface area contributed by atoms with Crippen LogP contribution in [0.4, 0.5) is 5.69 Å². The van der Waals surface area contributed by atoms with Gasteiger partial charge >= 0.3 is 11.8 Å². The Kier molecular flexibility index (Phi) is 5.66. The summed E-state index contributed by atoms with van der Waals surface area (Å²) in [5, 5.41) is 15.1. The minimum atomic E-state index is -1.43. The number of rotatable bonds is 6. The highest BCUT2D eigenvalue weighted by Gasteiger charge is 2.28. The Morgan fingerprint density at radius 1 is 1.20 bits per heavy atom. The number of anilines is 1. The Hall–Kier alpha value is -3.00. The van der Waals surface area contributed by atoms with E-state index in [-0.39, 0.29) is 12.3 Å². The van der Waals surface area contributed by atoms with Crippen molar-refractivity contribution in [1.29, 1.82) is 0 Å². The zero-order chi connectivity index (χ0) is 18.4. The molecule has 2 amide bonds. The Bertz CT molecular complexity index is 740. The number of methoxy groups -OCH3 is 2. The van der Waals surface area contributed by atoms with Gasteiger partial charge in [0, 0.05) is 6.07 Å². The predicted molar refractivity (Wildman–Crippen MR) is 89.5 cm³/mol. The molecule has 8 heteroatoms. The van der Waals surface area contributed by atoms with Crippen LogP contribution in [0.2, 0.25) is 0 Å². The van der Waals surface area contributed by atoms with Gasteiger partial charge in [0.2, 0.25) is 0 Å². The molecule has 1 aromatic heterocycles. The van der Waals surface area contributed by atoms with Crippen molar-refractivity contribution in [3.63, 3.8) is 0 Å². The van der Waals surface area contributed by atoms with Crippen LogP contribution in [0.3, 0.4) is 0 Å². The molecule has 2 rings (SSSR count). The van der Waals surface area contributed by atoms with E-state index in [1.165, 1.54) is 27.4 Å². The molecule has 0 saturated heterocycles. The minimum absolute atomic E-state index is 0.188. The van der Waals surface area contributed by atoms with Crippen LogP contribution in [0.5, 0.6) is 11.5 Å². The van der Waals surface area contributed by atoms with Crippen molar-refractivity contribution in [2.45, 2.75) is 12.5 Å². The van der Waals surface area contributed by atoms with Gasteiger partial charge in [0.05, 0.1) is 32.7 Å². The van der Waals surface area contributed by atoms with E-state index in [4.69, 9.17) is 13.9 Å². The summed E-state index contributed by atoms with van der Waals surface area (Å²) in [4.78, 5) is 24.0. The van der Waals surface area contributed by atoms with Crippen molar-refractivity contribution in [3.05, 3.63) is 42.4 Å². The number of carbonyl (C=O) groups excluding carboxylic acids is 2. The van der Waals surface area contributed by atoms with Crippen LogP contribution in [0.25, 0.3) is 0 Å². The van der Waals surface area contributed by atoms with Crippen LogP contribution in [0.1, 0.15) is 12.7 Å². The average Bonchev–Trinajstić information content (AvgIpc) is 3.15. The third-order valence-corrected chi connectivity index (χ3v) is 3.51. The molecule has 1 aromatic carbocycles. The van der Waals surface area contributed by atoms with E-state index >= 15 is 0 Å². The first-order valence-corrected chi connectivity index (χ1v) is 7.45. The van der Waals surface area contributed by atoms with Crippen LogP contribution < -0.4 is 20.1 Å². The van der Waals surface area contributed by atoms with Gasteiger partial charge in [-0.2, -0.15) is 0 Å². The van der Waals surface area contributed by atoms with Gasteiger partial charge in [-0.15, -0.1) is 0 Å². The third kappa shape index (κ3) is 4.51. The fourth-order valence-electron chi connectivity index (χ4n) is 2.09. The number of furan rings is 1. The second-order valence-corrected chi connectivity index (χ2v) is 5.45. The lowest BCUT2D eigenvalue weighted by Gasteiger charge is -2.21. The number of amides is 2. The topological polar surface area (TPSA) is 110 Å². The van der Waals surface area contributed by atoms with Crippen molar-refractivity contribution < 1.29 is 28.6 Å². The van der Waals surface area contributed by atoms with E-state index in [0.29, 0.717) is 17.2 Å². The molecule has 0 aliphatic rings. The second-order valence-electron chi connectivity index (χ2n) is 5.45. The summed E-state index contributed by atoms with van der Waals surface area (Å²) in [6.07, 6.45) is 1.41. The summed E-state index contributed by atoms with van der Waals surface area (Å²) >= 11 is 0. The van der Waals surface area contributed by atoms with Crippen LogP contribution in [0.15, 0.2) is 41.0 Å². The van der Waals surface area contributed by atoms with Gasteiger partial charge in [0.1, 0.15) is 22.9 Å². The molecule has 0 aliphatic heterocycles. The molecule has 3 N–H and O–H groups in total. The highest BCUT2D eigenvalue weighted by Crippen LogP contribution is 2.29. The number of hydrogen-bond acceptors (Lipinski definition) is 6. The first kappa shape index (κ1) is 18.3. The summed E-state index contributed by atoms with van der Waals surface area (Å²) in [5.74, 6) is -0.606. The molecule has 0 aliphatic carbocycles. The molecule has 8 nitrogen and oxygen atoms in total. The maximum absolute atomic E-state index is 12.0. The summed E-state index contributed by atoms with van der Waals surface area (Å²) in [6.45, 7) is 1.28. The van der Waals surface area contributed by atoms with Crippen molar-refractivity contribution >= 4 is 17.5 Å². The molecule has 0 fully saturated rings. The van der Waals surface area contributed by atoms with Crippen molar-refractivity contribution in [2.24, 2.45) is 0 Å². The van der Waals surface area contributed by atoms with Crippen LogP contribution in [0, 0.1) is 0 Å². The summed E-state index contributed by atoms with van der Waals surface area (Å²) in [5.41, 5.74) is -1.11. The van der Waals surface area contributed by atoms with E-state index in [1.807, 2.05) is 0 Å². The van der Waals surface area contributed by atoms with E-state index in [0.717, 1.165) is 0 Å². The number of ether oxygens (including phenoxy) is 2. The monoisotopic (exact) mass is 348 g/mol. The Morgan fingerprint density at radius 2 is 1.96 bits per heavy atom. The van der Waals surface area contributed by atoms with E-state index in [1.54, 1.807) is 30.3 Å². The van der Waals surface area contributed by atoms with Gasteiger partial charge in [-0.3, -0.25) is 9.59 Å². The first-order valence-electron chi connectivity index (χ1n) is 7.45. The van der Waals surface area contributed by atoms with Gasteiger partial charge in [-0.1, -0.05) is 0 Å². The molecule has 0 spiro atoms. The van der Waals surface area contributed by atoms with Gasteiger partial charge in [0.25, 0.3) is 0 Å². The first-order chi connectivity index (χ1) is 11.9. The standard InChI is InChI=1S/C17H20N2O6/c1-17(22,14-5-4-8-25-14)10-18-15(20)16(21)19-12-7-6-11(23-2)9-13(12)24-3/h4-9,22H,10H2,1-3H3,(H,18,20)(H,19,21). The summed E-state index contributed by atoms with van der Waals surface area (Å²) in [6, 6.07) is 7.96. The zero-order valence-corrected chi connectivity index (χ0v) is 14.2. The van der Waals surface area contributed by atoms with Crippen molar-refractivity contribution in [1.82, 2.24) is 5.32 Å². The lowest BCUT2D eigenvalue weighted by Crippen LogP contribution is -2.43. The fourth-order valence-corrected chi connectivity index (χ4v) is 2.09. The molecule has 1 atom stereocenters. The zero-order valence-electron chi connectivity index (χ0n) is 14.2. The van der Waals surface area contributed by atoms with E-state index in [2.05, 4.69) is 10.6 Å². The molecule has 0 saturated carbocycles. The van der Waals surface area contributed by atoms with Crippen molar-refractivity contribution in [3.8, 4) is 11.5 Å². The maximum atomic E-state index is 12.0. The molecule has 0 bridgehead atoms. The van der Waals surface area contributed by atoms with Gasteiger partial charge in [-0.05, 0) is 31.2 Å². The molecule has 0 radical (unpaired) electrons. The van der Waals surface area contributed by atoms with E-state index < -0.39 is 17.4 Å². The minimum Gasteiger partial charge on any atom is -0.497 e. The normalized spacial score (nSPS) is 12.8. The number of nitrogens with one attached hydrogen (secondary N) is 2. The van der Waals surface area contributed by atoms with Gasteiger partial charge in [-0.25, -0.2) is 0 Å². The van der Waals surface area contributed by atoms with Crippen LogP contribution in [-0.4, -0.2) is 37.7 Å². The Balaban J connectivity index is 1.98. The quantitative estimate of drug-likeness (QED) is 0.678. The smallest absolute Gasteiger partial charge is 0.313 e. The molecular weight excluding hydrogens is 328 g/mol. The highest BCUT2D eigenvalue weighted by molar-refractivity contribution is 6.39. The molecule has 1 heterocycles. The molecule has 134 valence electrons. The third-order valence-electron chi connectivity index (χ3n) is 3.51. The largest absolute Gasteiger partial charge is 0.497 e. The van der Waals surface area contributed by atoms with Crippen LogP contribution in [-0.2, 0) is 15.2 Å². The lowest BCUT2D eigenvalue weighted by molar-refractivity contribution is -0.136. The fraction of sp³-hybridized carbons (Fsp3) is 0.294. The molecule has 1 unspecified atom stereocenters. The lowest BCUT2D eigenvalue weighted by atomic mass is 10.0. The predicted octanol–water partition coefficient (Wildman–Crippen LogP) is 1.26. The Morgan fingerprint density at radius 3 is 2.56 bits per heavy atom. The number of benzene rings is 1. The maximum Gasteiger partial charge on any atom is 0.313 e. The van der Waals surface area contributed by atoms with E-state index in [9.17, 15) is 14.7 Å². The van der Waals surface area contributed by atoms with Gasteiger partial charge < -0.3 is 29.6 Å². The highest BCUT2D eigenvalue weighted by atomic mass is 16.5. The van der Waals surface area contributed by atoms with Crippen molar-refractivity contribution in [2.75, 3.05) is 26.1 Å².